The Kier molecular flexibility index (Phi) is 5.59. The highest BCUT2D eigenvalue weighted by Crippen LogP contribution is 2.25. The number of nitrogens with zero attached hydrogens (tertiary/aromatic N) is 3. The lowest BCUT2D eigenvalue weighted by Gasteiger charge is -2.19. The number of rotatable bonds is 7. The predicted octanol–water partition coefficient (Wildman–Crippen LogP) is 2.68. The number of hydrogen-bond acceptors (Lipinski definition) is 5. The van der Waals surface area contributed by atoms with E-state index in [-0.39, 0.29) is 0 Å². The van der Waals surface area contributed by atoms with E-state index in [1.165, 1.54) is 12.8 Å². The van der Waals surface area contributed by atoms with Crippen molar-refractivity contribution in [2.24, 2.45) is 5.92 Å². The summed E-state index contributed by atoms with van der Waals surface area (Å²) in [6.07, 6.45) is 2.51. The van der Waals surface area contributed by atoms with E-state index in [1.54, 1.807) is 0 Å². The van der Waals surface area contributed by atoms with Crippen LogP contribution in [0.15, 0.2) is 6.07 Å². The van der Waals surface area contributed by atoms with Gasteiger partial charge in [0.1, 0.15) is 18.2 Å². The fourth-order valence-electron chi connectivity index (χ4n) is 2.55. The van der Waals surface area contributed by atoms with E-state index in [9.17, 15) is 0 Å². The molecule has 112 valence electrons. The summed E-state index contributed by atoms with van der Waals surface area (Å²) in [5.41, 5.74) is 0. The Morgan fingerprint density at radius 3 is 2.85 bits per heavy atom. The molecule has 1 aromatic rings. The third kappa shape index (κ3) is 3.82. The molecule has 5 nitrogen and oxygen atoms in total. The van der Waals surface area contributed by atoms with Gasteiger partial charge in [0.15, 0.2) is 5.82 Å². The Morgan fingerprint density at radius 2 is 2.20 bits per heavy atom. The van der Waals surface area contributed by atoms with Crippen LogP contribution in [0.1, 0.15) is 39.4 Å². The molecule has 0 radical (unpaired) electrons. The van der Waals surface area contributed by atoms with Crippen molar-refractivity contribution in [1.82, 2.24) is 9.97 Å². The lowest BCUT2D eigenvalue weighted by molar-refractivity contribution is 0.128. The number of aromatic nitrogens is 2. The van der Waals surface area contributed by atoms with Crippen LogP contribution in [0.3, 0.4) is 0 Å². The molecule has 2 heterocycles. The Labute approximate surface area is 121 Å². The van der Waals surface area contributed by atoms with Gasteiger partial charge in [-0.25, -0.2) is 9.97 Å². The maximum absolute atomic E-state index is 5.44. The van der Waals surface area contributed by atoms with E-state index >= 15 is 0 Å². The van der Waals surface area contributed by atoms with Crippen LogP contribution < -0.4 is 10.2 Å². The van der Waals surface area contributed by atoms with E-state index in [0.717, 1.165) is 43.0 Å². The summed E-state index contributed by atoms with van der Waals surface area (Å²) in [4.78, 5) is 11.5. The van der Waals surface area contributed by atoms with Crippen molar-refractivity contribution < 1.29 is 4.74 Å². The fraction of sp³-hybridized carbons (Fsp3) is 0.733. The quantitative estimate of drug-likeness (QED) is 0.831. The van der Waals surface area contributed by atoms with Gasteiger partial charge in [0.05, 0.1) is 0 Å². The van der Waals surface area contributed by atoms with Gasteiger partial charge in [-0.1, -0.05) is 13.3 Å². The molecule has 1 atom stereocenters. The van der Waals surface area contributed by atoms with E-state index in [0.29, 0.717) is 13.2 Å². The van der Waals surface area contributed by atoms with Crippen molar-refractivity contribution in [3.8, 4) is 0 Å². The van der Waals surface area contributed by atoms with Crippen molar-refractivity contribution in [1.29, 1.82) is 0 Å². The number of hydrogen-bond donors (Lipinski definition) is 1. The van der Waals surface area contributed by atoms with Crippen LogP contribution in [0.5, 0.6) is 0 Å². The van der Waals surface area contributed by atoms with Gasteiger partial charge in [-0.05, 0) is 26.2 Å². The first-order valence-electron chi connectivity index (χ1n) is 7.71. The summed E-state index contributed by atoms with van der Waals surface area (Å²) in [6, 6.07) is 2.05. The van der Waals surface area contributed by atoms with Crippen LogP contribution in [-0.2, 0) is 11.3 Å². The van der Waals surface area contributed by atoms with Crippen LogP contribution in [0.25, 0.3) is 0 Å². The van der Waals surface area contributed by atoms with Crippen LogP contribution in [0.2, 0.25) is 0 Å². The molecule has 1 saturated heterocycles. The van der Waals surface area contributed by atoms with Gasteiger partial charge in [-0.15, -0.1) is 0 Å². The lowest BCUT2D eigenvalue weighted by Crippen LogP contribution is -2.22. The number of nitrogens with one attached hydrogen (secondary N) is 1. The average molecular weight is 278 g/mol. The van der Waals surface area contributed by atoms with Crippen LogP contribution in [0, 0.1) is 5.92 Å². The maximum Gasteiger partial charge on any atom is 0.158 e. The van der Waals surface area contributed by atoms with Gasteiger partial charge in [0.25, 0.3) is 0 Å². The van der Waals surface area contributed by atoms with Gasteiger partial charge in [-0.2, -0.15) is 0 Å². The van der Waals surface area contributed by atoms with E-state index in [4.69, 9.17) is 4.74 Å². The zero-order valence-electron chi connectivity index (χ0n) is 12.9. The molecule has 1 aromatic heterocycles. The minimum Gasteiger partial charge on any atom is -0.374 e. The van der Waals surface area contributed by atoms with Crippen molar-refractivity contribution in [3.63, 3.8) is 0 Å². The van der Waals surface area contributed by atoms with Gasteiger partial charge < -0.3 is 15.0 Å². The summed E-state index contributed by atoms with van der Waals surface area (Å²) in [7, 11) is 0. The SMILES string of the molecule is CCNc1cc(N2CCC(CC)C2)nc(COCC)n1. The molecule has 2 rings (SSSR count). The summed E-state index contributed by atoms with van der Waals surface area (Å²) in [6.45, 7) is 10.6. The summed E-state index contributed by atoms with van der Waals surface area (Å²) >= 11 is 0. The first kappa shape index (κ1) is 15.0. The third-order valence-electron chi connectivity index (χ3n) is 3.74. The fourth-order valence-corrected chi connectivity index (χ4v) is 2.55. The van der Waals surface area contributed by atoms with E-state index < -0.39 is 0 Å². The lowest BCUT2D eigenvalue weighted by atomic mass is 10.1. The highest BCUT2D eigenvalue weighted by Gasteiger charge is 2.22. The van der Waals surface area contributed by atoms with Crippen molar-refractivity contribution in [2.75, 3.05) is 36.5 Å². The molecule has 1 fully saturated rings. The zero-order valence-corrected chi connectivity index (χ0v) is 12.9. The summed E-state index contributed by atoms with van der Waals surface area (Å²) in [5, 5.41) is 3.28. The largest absolute Gasteiger partial charge is 0.374 e. The standard InChI is InChI=1S/C15H26N4O/c1-4-12-7-8-19(10-12)15-9-13(16-5-2)17-14(18-15)11-20-6-3/h9,12H,4-8,10-11H2,1-3H3,(H,16,17,18). The predicted molar refractivity (Wildman–Crippen MR) is 82.1 cm³/mol. The van der Waals surface area contributed by atoms with Crippen molar-refractivity contribution >= 4 is 11.6 Å². The molecule has 20 heavy (non-hydrogen) atoms. The molecule has 1 aliphatic rings. The van der Waals surface area contributed by atoms with Crippen LogP contribution in [-0.4, -0.2) is 36.2 Å². The average Bonchev–Trinajstić information content (AvgIpc) is 2.94. The highest BCUT2D eigenvalue weighted by molar-refractivity contribution is 5.50. The topological polar surface area (TPSA) is 50.3 Å². The van der Waals surface area contributed by atoms with Crippen molar-refractivity contribution in [3.05, 3.63) is 11.9 Å². The number of ether oxygens (including phenoxy) is 1. The van der Waals surface area contributed by atoms with Crippen LogP contribution in [0.4, 0.5) is 11.6 Å². The third-order valence-corrected chi connectivity index (χ3v) is 3.74. The molecule has 1 unspecified atom stereocenters. The van der Waals surface area contributed by atoms with Gasteiger partial charge in [0, 0.05) is 32.3 Å². The highest BCUT2D eigenvalue weighted by atomic mass is 16.5. The Balaban J connectivity index is 2.15. The van der Waals surface area contributed by atoms with Crippen molar-refractivity contribution in [2.45, 2.75) is 40.2 Å². The van der Waals surface area contributed by atoms with Gasteiger partial charge in [0.2, 0.25) is 0 Å². The molecular weight excluding hydrogens is 252 g/mol. The number of anilines is 2. The molecule has 0 aromatic carbocycles. The minimum atomic E-state index is 0.480. The maximum atomic E-state index is 5.44. The van der Waals surface area contributed by atoms with Gasteiger partial charge >= 0.3 is 0 Å². The monoisotopic (exact) mass is 278 g/mol. The normalized spacial score (nSPS) is 18.6. The van der Waals surface area contributed by atoms with E-state index in [1.807, 2.05) is 6.92 Å². The second kappa shape index (κ2) is 7.43. The minimum absolute atomic E-state index is 0.480. The second-order valence-electron chi connectivity index (χ2n) is 5.20. The molecule has 0 amide bonds. The molecule has 1 N–H and O–H groups in total. The molecule has 0 saturated carbocycles. The van der Waals surface area contributed by atoms with Gasteiger partial charge in [-0.3, -0.25) is 0 Å². The smallest absolute Gasteiger partial charge is 0.158 e. The molecule has 5 heteroatoms. The Bertz CT molecular complexity index is 424. The molecule has 1 aliphatic heterocycles. The second-order valence-corrected chi connectivity index (χ2v) is 5.20. The van der Waals surface area contributed by atoms with E-state index in [2.05, 4.69) is 40.1 Å². The summed E-state index contributed by atoms with van der Waals surface area (Å²) in [5.74, 6) is 3.48. The first-order valence-corrected chi connectivity index (χ1v) is 7.71. The Hall–Kier alpha value is -1.36. The molecule has 0 aliphatic carbocycles. The van der Waals surface area contributed by atoms with Crippen LogP contribution >= 0.6 is 0 Å². The molecule has 0 spiro atoms. The molecule has 0 bridgehead atoms. The summed E-state index contributed by atoms with van der Waals surface area (Å²) < 4.78 is 5.44. The zero-order chi connectivity index (χ0) is 14.4. The molecular formula is C15H26N4O. The first-order chi connectivity index (χ1) is 9.76. The Morgan fingerprint density at radius 1 is 1.35 bits per heavy atom.